The molecule has 0 amide bonds. The van der Waals surface area contributed by atoms with E-state index < -0.39 is 5.60 Å². The van der Waals surface area contributed by atoms with Gasteiger partial charge in [0, 0.05) is 5.41 Å². The van der Waals surface area contributed by atoms with Crippen molar-refractivity contribution >= 4 is 0 Å². The summed E-state index contributed by atoms with van der Waals surface area (Å²) >= 11 is 0. The number of hydrogen-bond donors (Lipinski definition) is 2. The van der Waals surface area contributed by atoms with E-state index in [4.69, 9.17) is 0 Å². The molecule has 2 N–H and O–H groups in total. The Balaban J connectivity index is 2.29. The molecular weight excluding hydrogens is 176 g/mol. The van der Waals surface area contributed by atoms with Gasteiger partial charge in [-0.05, 0) is 32.6 Å². The minimum absolute atomic E-state index is 0.177. The Hall–Kier alpha value is -0.0800. The zero-order valence-corrected chi connectivity index (χ0v) is 9.13. The standard InChI is InChI=1S/C12H22O2/c1-10(13)11-6-2-4-8-12(11,14)9-5-3-7-11/h10,13-14H,2-9H2,1H3/t10?,11-,12-. The molecule has 2 aliphatic carbocycles. The molecule has 82 valence electrons. The monoisotopic (exact) mass is 198 g/mol. The lowest BCUT2D eigenvalue weighted by Gasteiger charge is -2.55. The van der Waals surface area contributed by atoms with Gasteiger partial charge in [0.05, 0.1) is 11.7 Å². The summed E-state index contributed by atoms with van der Waals surface area (Å²) in [5, 5.41) is 20.6. The quantitative estimate of drug-likeness (QED) is 0.678. The minimum atomic E-state index is -0.558. The van der Waals surface area contributed by atoms with Crippen LogP contribution in [0.2, 0.25) is 0 Å². The molecule has 0 radical (unpaired) electrons. The van der Waals surface area contributed by atoms with Crippen molar-refractivity contribution in [3.05, 3.63) is 0 Å². The van der Waals surface area contributed by atoms with Crippen LogP contribution >= 0.6 is 0 Å². The van der Waals surface area contributed by atoms with E-state index in [1.165, 1.54) is 12.8 Å². The molecule has 2 saturated carbocycles. The van der Waals surface area contributed by atoms with Crippen molar-refractivity contribution in [2.45, 2.75) is 70.0 Å². The number of hydrogen-bond acceptors (Lipinski definition) is 2. The Kier molecular flexibility index (Phi) is 2.61. The minimum Gasteiger partial charge on any atom is -0.393 e. The average Bonchev–Trinajstić information content (AvgIpc) is 2.16. The summed E-state index contributed by atoms with van der Waals surface area (Å²) < 4.78 is 0. The van der Waals surface area contributed by atoms with E-state index in [0.29, 0.717) is 0 Å². The molecule has 2 aliphatic rings. The Morgan fingerprint density at radius 2 is 1.36 bits per heavy atom. The second-order valence-electron chi connectivity index (χ2n) is 5.28. The maximum Gasteiger partial charge on any atom is 0.0728 e. The fourth-order valence-corrected chi connectivity index (χ4v) is 3.74. The number of aliphatic hydroxyl groups excluding tert-OH is 1. The highest BCUT2D eigenvalue weighted by Gasteiger charge is 2.55. The van der Waals surface area contributed by atoms with Gasteiger partial charge in [0.1, 0.15) is 0 Å². The highest BCUT2D eigenvalue weighted by molar-refractivity contribution is 5.06. The second kappa shape index (κ2) is 3.49. The van der Waals surface area contributed by atoms with Crippen LogP contribution in [-0.4, -0.2) is 21.9 Å². The number of fused-ring (bicyclic) bond motifs is 1. The van der Waals surface area contributed by atoms with Crippen molar-refractivity contribution in [3.8, 4) is 0 Å². The SMILES string of the molecule is CC(O)[C@]12CCCC[C@@]1(O)CCCC2. The molecule has 0 aromatic heterocycles. The first kappa shape index (κ1) is 10.4. The molecule has 2 fully saturated rings. The highest BCUT2D eigenvalue weighted by Crippen LogP contribution is 2.54. The molecule has 0 aliphatic heterocycles. The second-order valence-corrected chi connectivity index (χ2v) is 5.28. The van der Waals surface area contributed by atoms with Crippen LogP contribution in [0.15, 0.2) is 0 Å². The van der Waals surface area contributed by atoms with Gasteiger partial charge in [-0.1, -0.05) is 25.7 Å². The molecule has 0 saturated heterocycles. The Morgan fingerprint density at radius 3 is 1.71 bits per heavy atom. The van der Waals surface area contributed by atoms with Crippen LogP contribution in [0.1, 0.15) is 58.3 Å². The molecule has 0 bridgehead atoms. The van der Waals surface area contributed by atoms with Crippen molar-refractivity contribution in [1.82, 2.24) is 0 Å². The zero-order chi connectivity index (χ0) is 10.2. The molecule has 2 heteroatoms. The molecule has 0 aromatic rings. The third-order valence-corrected chi connectivity index (χ3v) is 4.65. The largest absolute Gasteiger partial charge is 0.393 e. The first-order valence-corrected chi connectivity index (χ1v) is 6.01. The number of rotatable bonds is 1. The summed E-state index contributed by atoms with van der Waals surface area (Å²) in [4.78, 5) is 0. The summed E-state index contributed by atoms with van der Waals surface area (Å²) in [5.74, 6) is 0. The van der Waals surface area contributed by atoms with Gasteiger partial charge >= 0.3 is 0 Å². The molecule has 0 spiro atoms. The molecule has 0 heterocycles. The van der Waals surface area contributed by atoms with Gasteiger partial charge in [0.25, 0.3) is 0 Å². The van der Waals surface area contributed by atoms with Crippen molar-refractivity contribution in [3.63, 3.8) is 0 Å². The third-order valence-electron chi connectivity index (χ3n) is 4.65. The first-order chi connectivity index (χ1) is 6.61. The van der Waals surface area contributed by atoms with Crippen LogP contribution in [0, 0.1) is 5.41 Å². The van der Waals surface area contributed by atoms with Gasteiger partial charge in [-0.25, -0.2) is 0 Å². The lowest BCUT2D eigenvalue weighted by atomic mass is 9.54. The lowest BCUT2D eigenvalue weighted by Crippen LogP contribution is -2.57. The lowest BCUT2D eigenvalue weighted by molar-refractivity contribution is -0.186. The normalized spacial score (nSPS) is 45.6. The van der Waals surface area contributed by atoms with Gasteiger partial charge in [0.2, 0.25) is 0 Å². The summed E-state index contributed by atoms with van der Waals surface area (Å²) in [5.41, 5.74) is -0.735. The van der Waals surface area contributed by atoms with E-state index in [2.05, 4.69) is 0 Å². The molecule has 2 rings (SSSR count). The zero-order valence-electron chi connectivity index (χ0n) is 9.13. The predicted molar refractivity (Wildman–Crippen MR) is 56.0 cm³/mol. The van der Waals surface area contributed by atoms with Gasteiger partial charge in [-0.3, -0.25) is 0 Å². The topological polar surface area (TPSA) is 40.5 Å². The fourth-order valence-electron chi connectivity index (χ4n) is 3.74. The van der Waals surface area contributed by atoms with Gasteiger partial charge < -0.3 is 10.2 Å². The predicted octanol–water partition coefficient (Wildman–Crippen LogP) is 2.23. The van der Waals surface area contributed by atoms with E-state index >= 15 is 0 Å². The average molecular weight is 198 g/mol. The van der Waals surface area contributed by atoms with Crippen LogP contribution in [0.5, 0.6) is 0 Å². The Morgan fingerprint density at radius 1 is 0.929 bits per heavy atom. The molecule has 1 atom stereocenters. The number of aliphatic hydroxyl groups is 2. The smallest absolute Gasteiger partial charge is 0.0728 e. The van der Waals surface area contributed by atoms with Crippen LogP contribution in [0.3, 0.4) is 0 Å². The van der Waals surface area contributed by atoms with Crippen molar-refractivity contribution < 1.29 is 10.2 Å². The van der Waals surface area contributed by atoms with Crippen molar-refractivity contribution in [2.75, 3.05) is 0 Å². The van der Waals surface area contributed by atoms with E-state index in [-0.39, 0.29) is 11.5 Å². The fraction of sp³-hybridized carbons (Fsp3) is 1.00. The molecule has 0 aromatic carbocycles. The summed E-state index contributed by atoms with van der Waals surface area (Å²) in [6.07, 6.45) is 8.09. The highest BCUT2D eigenvalue weighted by atomic mass is 16.3. The van der Waals surface area contributed by atoms with Crippen LogP contribution in [-0.2, 0) is 0 Å². The van der Waals surface area contributed by atoms with E-state index in [0.717, 1.165) is 38.5 Å². The van der Waals surface area contributed by atoms with Gasteiger partial charge in [-0.2, -0.15) is 0 Å². The Bertz CT molecular complexity index is 198. The maximum absolute atomic E-state index is 10.7. The maximum atomic E-state index is 10.7. The summed E-state index contributed by atoms with van der Waals surface area (Å²) in [7, 11) is 0. The molecule has 14 heavy (non-hydrogen) atoms. The molecular formula is C12H22O2. The summed E-state index contributed by atoms with van der Waals surface area (Å²) in [6, 6.07) is 0. The first-order valence-electron chi connectivity index (χ1n) is 6.01. The van der Waals surface area contributed by atoms with Crippen LogP contribution < -0.4 is 0 Å². The molecule has 1 unspecified atom stereocenters. The summed E-state index contributed by atoms with van der Waals surface area (Å²) in [6.45, 7) is 1.86. The van der Waals surface area contributed by atoms with Crippen molar-refractivity contribution in [2.24, 2.45) is 5.41 Å². The van der Waals surface area contributed by atoms with Crippen molar-refractivity contribution in [1.29, 1.82) is 0 Å². The molecule has 2 nitrogen and oxygen atoms in total. The van der Waals surface area contributed by atoms with Crippen LogP contribution in [0.25, 0.3) is 0 Å². The van der Waals surface area contributed by atoms with Gasteiger partial charge in [0.15, 0.2) is 0 Å². The third kappa shape index (κ3) is 1.31. The van der Waals surface area contributed by atoms with E-state index in [1.807, 2.05) is 6.92 Å². The van der Waals surface area contributed by atoms with Crippen LogP contribution in [0.4, 0.5) is 0 Å². The van der Waals surface area contributed by atoms with E-state index in [1.54, 1.807) is 0 Å². The van der Waals surface area contributed by atoms with E-state index in [9.17, 15) is 10.2 Å². The van der Waals surface area contributed by atoms with Gasteiger partial charge in [-0.15, -0.1) is 0 Å². The Labute approximate surface area is 86.3 Å².